The van der Waals surface area contributed by atoms with E-state index in [-0.39, 0.29) is 5.97 Å². The third kappa shape index (κ3) is 4.94. The van der Waals surface area contributed by atoms with E-state index >= 15 is 0 Å². The maximum absolute atomic E-state index is 12.0. The van der Waals surface area contributed by atoms with Gasteiger partial charge in [0.05, 0.1) is 12.2 Å². The van der Waals surface area contributed by atoms with E-state index in [4.69, 9.17) is 10.5 Å². The van der Waals surface area contributed by atoms with Crippen LogP contribution in [-0.4, -0.2) is 27.5 Å². The molecular formula is C20H22N6O2. The molecule has 28 heavy (non-hydrogen) atoms. The summed E-state index contributed by atoms with van der Waals surface area (Å²) in [6, 6.07) is 12.4. The third-order valence-electron chi connectivity index (χ3n) is 3.73. The maximum Gasteiger partial charge on any atom is 0.338 e. The number of pyridine rings is 1. The Balaban J connectivity index is 1.70. The summed E-state index contributed by atoms with van der Waals surface area (Å²) >= 11 is 0. The number of hydrogen-bond acceptors (Lipinski definition) is 8. The monoisotopic (exact) mass is 378 g/mol. The van der Waals surface area contributed by atoms with Crippen molar-refractivity contribution in [1.29, 1.82) is 0 Å². The van der Waals surface area contributed by atoms with Crippen molar-refractivity contribution >= 4 is 34.8 Å². The third-order valence-corrected chi connectivity index (χ3v) is 3.73. The molecule has 8 heteroatoms. The van der Waals surface area contributed by atoms with Gasteiger partial charge >= 0.3 is 5.97 Å². The zero-order valence-electron chi connectivity index (χ0n) is 15.7. The van der Waals surface area contributed by atoms with Crippen molar-refractivity contribution in [2.45, 2.75) is 13.8 Å². The average molecular weight is 378 g/mol. The number of anilines is 5. The van der Waals surface area contributed by atoms with Gasteiger partial charge < -0.3 is 21.1 Å². The minimum Gasteiger partial charge on any atom is -0.462 e. The van der Waals surface area contributed by atoms with Crippen molar-refractivity contribution in [3.63, 3.8) is 0 Å². The molecule has 2 heterocycles. The van der Waals surface area contributed by atoms with Crippen molar-refractivity contribution < 1.29 is 9.53 Å². The number of nitrogen functional groups attached to an aromatic ring is 1. The summed E-state index contributed by atoms with van der Waals surface area (Å²) in [4.78, 5) is 24.5. The van der Waals surface area contributed by atoms with Crippen molar-refractivity contribution in [1.82, 2.24) is 15.0 Å². The lowest BCUT2D eigenvalue weighted by molar-refractivity contribution is 0.0459. The summed E-state index contributed by atoms with van der Waals surface area (Å²) in [7, 11) is 0. The fourth-order valence-electron chi connectivity index (χ4n) is 2.30. The lowest BCUT2D eigenvalue weighted by atomic mass is 10.2. The number of esters is 1. The van der Waals surface area contributed by atoms with Crippen LogP contribution in [0.3, 0.4) is 0 Å². The second-order valence-corrected chi connectivity index (χ2v) is 6.52. The number of aromatic nitrogens is 3. The van der Waals surface area contributed by atoms with Gasteiger partial charge in [0.25, 0.3) is 0 Å². The first-order valence-electron chi connectivity index (χ1n) is 8.85. The van der Waals surface area contributed by atoms with Crippen LogP contribution in [0, 0.1) is 5.92 Å². The smallest absolute Gasteiger partial charge is 0.338 e. The van der Waals surface area contributed by atoms with Crippen LogP contribution in [0.5, 0.6) is 0 Å². The molecule has 0 radical (unpaired) electrons. The van der Waals surface area contributed by atoms with Gasteiger partial charge in [-0.2, -0.15) is 0 Å². The molecule has 0 fully saturated rings. The van der Waals surface area contributed by atoms with Crippen LogP contribution in [0.2, 0.25) is 0 Å². The molecule has 0 saturated heterocycles. The van der Waals surface area contributed by atoms with E-state index < -0.39 is 0 Å². The van der Waals surface area contributed by atoms with E-state index in [9.17, 15) is 4.79 Å². The molecular weight excluding hydrogens is 356 g/mol. The normalized spacial score (nSPS) is 10.5. The second-order valence-electron chi connectivity index (χ2n) is 6.52. The van der Waals surface area contributed by atoms with E-state index in [1.54, 1.807) is 30.5 Å². The summed E-state index contributed by atoms with van der Waals surface area (Å²) in [5.41, 5.74) is 7.74. The van der Waals surface area contributed by atoms with Crippen LogP contribution in [0.1, 0.15) is 24.2 Å². The molecule has 144 valence electrons. The Labute approximate surface area is 163 Å². The minimum atomic E-state index is -0.344. The van der Waals surface area contributed by atoms with Gasteiger partial charge in [-0.25, -0.2) is 19.7 Å². The van der Waals surface area contributed by atoms with Gasteiger partial charge in [-0.15, -0.1) is 0 Å². The molecule has 4 N–H and O–H groups in total. The lowest BCUT2D eigenvalue weighted by Gasteiger charge is -2.12. The Morgan fingerprint density at radius 1 is 1.04 bits per heavy atom. The highest BCUT2D eigenvalue weighted by molar-refractivity contribution is 5.90. The van der Waals surface area contributed by atoms with Gasteiger partial charge in [-0.1, -0.05) is 19.9 Å². The van der Waals surface area contributed by atoms with E-state index in [1.807, 2.05) is 32.0 Å². The largest absolute Gasteiger partial charge is 0.462 e. The van der Waals surface area contributed by atoms with Crippen LogP contribution in [0.4, 0.5) is 28.8 Å². The first-order valence-corrected chi connectivity index (χ1v) is 8.85. The molecule has 0 atom stereocenters. The van der Waals surface area contributed by atoms with E-state index in [0.717, 1.165) is 5.69 Å². The quantitative estimate of drug-likeness (QED) is 0.532. The first kappa shape index (κ1) is 19.1. The molecule has 8 nitrogen and oxygen atoms in total. The Bertz CT molecular complexity index is 929. The van der Waals surface area contributed by atoms with E-state index in [2.05, 4.69) is 25.6 Å². The van der Waals surface area contributed by atoms with Crippen LogP contribution >= 0.6 is 0 Å². The minimum absolute atomic E-state index is 0.291. The van der Waals surface area contributed by atoms with Crippen molar-refractivity contribution in [3.05, 3.63) is 60.6 Å². The number of rotatable bonds is 7. The lowest BCUT2D eigenvalue weighted by Crippen LogP contribution is -2.10. The molecule has 1 aromatic carbocycles. The highest BCUT2D eigenvalue weighted by Crippen LogP contribution is 2.27. The van der Waals surface area contributed by atoms with Gasteiger partial charge in [0.15, 0.2) is 11.6 Å². The molecule has 0 amide bonds. The molecule has 0 spiro atoms. The molecule has 2 aromatic heterocycles. The van der Waals surface area contributed by atoms with Crippen LogP contribution < -0.4 is 16.4 Å². The van der Waals surface area contributed by atoms with Crippen molar-refractivity contribution in [2.24, 2.45) is 5.92 Å². The van der Waals surface area contributed by atoms with Gasteiger partial charge in [0.2, 0.25) is 0 Å². The molecule has 0 unspecified atom stereocenters. The number of nitrogens with two attached hydrogens (primary N) is 1. The van der Waals surface area contributed by atoms with Crippen molar-refractivity contribution in [3.8, 4) is 0 Å². The topological polar surface area (TPSA) is 115 Å². The maximum atomic E-state index is 12.0. The molecule has 0 bridgehead atoms. The van der Waals surface area contributed by atoms with Gasteiger partial charge in [0, 0.05) is 11.9 Å². The predicted octanol–water partition coefficient (Wildman–Crippen LogP) is 3.75. The summed E-state index contributed by atoms with van der Waals surface area (Å²) < 4.78 is 5.22. The Hall–Kier alpha value is -3.68. The fourth-order valence-corrected chi connectivity index (χ4v) is 2.30. The Morgan fingerprint density at radius 3 is 2.39 bits per heavy atom. The Morgan fingerprint density at radius 2 is 1.75 bits per heavy atom. The van der Waals surface area contributed by atoms with Gasteiger partial charge in [-0.05, 0) is 42.3 Å². The second kappa shape index (κ2) is 8.81. The summed E-state index contributed by atoms with van der Waals surface area (Å²) in [5.74, 6) is 1.47. The van der Waals surface area contributed by atoms with E-state index in [1.165, 1.54) is 6.33 Å². The highest BCUT2D eigenvalue weighted by Gasteiger charge is 2.11. The van der Waals surface area contributed by atoms with Crippen LogP contribution in [0.15, 0.2) is 55.0 Å². The molecule has 0 aliphatic carbocycles. The summed E-state index contributed by atoms with van der Waals surface area (Å²) in [6.07, 6.45) is 3.08. The molecule has 0 aliphatic rings. The van der Waals surface area contributed by atoms with E-state index in [0.29, 0.717) is 41.2 Å². The zero-order chi connectivity index (χ0) is 19.9. The standard InChI is InChI=1S/C20H22N6O2/c1-13(2)11-28-20(27)14-6-8-15(9-7-14)25-18-17(21)19(24-12-23-18)26-16-5-3-4-10-22-16/h3-10,12-13H,11,21H2,1-2H3,(H2,22,23,24,25,26). The summed E-state index contributed by atoms with van der Waals surface area (Å²) in [6.45, 7) is 4.37. The number of nitrogens with zero attached hydrogens (tertiary/aromatic N) is 3. The van der Waals surface area contributed by atoms with Crippen LogP contribution in [0.25, 0.3) is 0 Å². The van der Waals surface area contributed by atoms with Crippen LogP contribution in [-0.2, 0) is 4.74 Å². The number of carbonyl (C=O) groups is 1. The van der Waals surface area contributed by atoms with Gasteiger partial charge in [-0.3, -0.25) is 0 Å². The first-order chi connectivity index (χ1) is 13.5. The molecule has 3 rings (SSSR count). The fraction of sp³-hybridized carbons (Fsp3) is 0.200. The molecule has 0 aliphatic heterocycles. The highest BCUT2D eigenvalue weighted by atomic mass is 16.5. The number of hydrogen-bond donors (Lipinski definition) is 3. The zero-order valence-corrected chi connectivity index (χ0v) is 15.7. The SMILES string of the molecule is CC(C)COC(=O)c1ccc(Nc2ncnc(Nc3ccccn3)c2N)cc1. The number of nitrogens with one attached hydrogen (secondary N) is 2. The average Bonchev–Trinajstić information content (AvgIpc) is 2.70. The summed E-state index contributed by atoms with van der Waals surface area (Å²) in [5, 5.41) is 6.18. The molecule has 0 saturated carbocycles. The van der Waals surface area contributed by atoms with Crippen molar-refractivity contribution in [2.75, 3.05) is 23.0 Å². The number of carbonyl (C=O) groups excluding carboxylic acids is 1. The number of ether oxygens (including phenoxy) is 1. The predicted molar refractivity (Wildman–Crippen MR) is 109 cm³/mol. The Kier molecular flexibility index (Phi) is 6.01. The number of benzene rings is 1. The molecule has 3 aromatic rings. The van der Waals surface area contributed by atoms with Gasteiger partial charge in [0.1, 0.15) is 17.8 Å².